The summed E-state index contributed by atoms with van der Waals surface area (Å²) in [5.41, 5.74) is 1.27. The molecule has 0 bridgehead atoms. The molecule has 1 aliphatic rings. The first-order valence-corrected chi connectivity index (χ1v) is 7.03. The van der Waals surface area contributed by atoms with Crippen LogP contribution in [0.2, 0.25) is 0 Å². The minimum atomic E-state index is 0.701. The molecule has 2 aromatic rings. The molecule has 19 heavy (non-hydrogen) atoms. The molecule has 0 amide bonds. The smallest absolute Gasteiger partial charge is 0.138 e. The van der Waals surface area contributed by atoms with E-state index in [2.05, 4.69) is 39.7 Å². The molecule has 100 valence electrons. The second-order valence-electron chi connectivity index (χ2n) is 5.24. The van der Waals surface area contributed by atoms with Gasteiger partial charge in [0.1, 0.15) is 12.2 Å². The Kier molecular flexibility index (Phi) is 3.89. The van der Waals surface area contributed by atoms with Crippen molar-refractivity contribution in [3.05, 3.63) is 48.0 Å². The Labute approximate surface area is 113 Å². The van der Waals surface area contributed by atoms with Crippen LogP contribution in [-0.4, -0.2) is 27.9 Å². The van der Waals surface area contributed by atoms with E-state index in [0.29, 0.717) is 5.92 Å². The Morgan fingerprint density at radius 2 is 2.16 bits per heavy atom. The van der Waals surface area contributed by atoms with Gasteiger partial charge in [-0.1, -0.05) is 30.3 Å². The Morgan fingerprint density at radius 3 is 2.95 bits per heavy atom. The number of rotatable bonds is 4. The van der Waals surface area contributed by atoms with Gasteiger partial charge in [-0.25, -0.2) is 9.67 Å². The highest BCUT2D eigenvalue weighted by molar-refractivity contribution is 5.15. The fraction of sp³-hybridized carbons (Fsp3) is 0.467. The third-order valence-corrected chi connectivity index (χ3v) is 3.74. The molecule has 0 radical (unpaired) electrons. The summed E-state index contributed by atoms with van der Waals surface area (Å²) in [6.45, 7) is 3.09. The number of nitrogens with one attached hydrogen (secondary N) is 1. The van der Waals surface area contributed by atoms with Gasteiger partial charge in [0.2, 0.25) is 0 Å². The number of hydrogen-bond acceptors (Lipinski definition) is 3. The summed E-state index contributed by atoms with van der Waals surface area (Å²) >= 11 is 0. The molecule has 1 saturated heterocycles. The number of hydrogen-bond donors (Lipinski definition) is 1. The van der Waals surface area contributed by atoms with E-state index in [1.54, 1.807) is 6.33 Å². The van der Waals surface area contributed by atoms with Crippen molar-refractivity contribution in [2.45, 2.75) is 25.8 Å². The van der Waals surface area contributed by atoms with Crippen LogP contribution in [0.5, 0.6) is 0 Å². The second kappa shape index (κ2) is 5.97. The maximum atomic E-state index is 4.43. The molecular weight excluding hydrogens is 236 g/mol. The zero-order valence-electron chi connectivity index (χ0n) is 11.1. The molecule has 1 aliphatic heterocycles. The van der Waals surface area contributed by atoms with Gasteiger partial charge in [-0.3, -0.25) is 0 Å². The Morgan fingerprint density at radius 1 is 1.26 bits per heavy atom. The number of benzene rings is 1. The molecular formula is C15H20N4. The third kappa shape index (κ3) is 3.20. The standard InChI is InChI=1S/C15H20N4/c1-2-5-13(6-3-1)11-19-15(17-12-18-19)9-14-7-4-8-16-10-14/h1-3,5-6,12,14,16H,4,7-11H2. The van der Waals surface area contributed by atoms with Crippen LogP contribution in [0.15, 0.2) is 36.7 Å². The minimum Gasteiger partial charge on any atom is -0.316 e. The predicted octanol–water partition coefficient (Wildman–Crippen LogP) is 1.87. The van der Waals surface area contributed by atoms with E-state index in [4.69, 9.17) is 0 Å². The molecule has 2 heterocycles. The van der Waals surface area contributed by atoms with Crippen molar-refractivity contribution in [3.8, 4) is 0 Å². The summed E-state index contributed by atoms with van der Waals surface area (Å²) in [5, 5.41) is 7.82. The van der Waals surface area contributed by atoms with Crippen LogP contribution >= 0.6 is 0 Å². The van der Waals surface area contributed by atoms with Crippen molar-refractivity contribution in [1.82, 2.24) is 20.1 Å². The number of nitrogens with zero attached hydrogens (tertiary/aromatic N) is 3. The number of aromatic nitrogens is 3. The van der Waals surface area contributed by atoms with Crippen LogP contribution in [0.4, 0.5) is 0 Å². The summed E-state index contributed by atoms with van der Waals surface area (Å²) < 4.78 is 2.03. The van der Waals surface area contributed by atoms with Crippen molar-refractivity contribution in [2.24, 2.45) is 5.92 Å². The summed E-state index contributed by atoms with van der Waals surface area (Å²) in [6, 6.07) is 10.4. The Hall–Kier alpha value is -1.68. The lowest BCUT2D eigenvalue weighted by Gasteiger charge is -2.22. The molecule has 0 saturated carbocycles. The molecule has 1 aromatic heterocycles. The molecule has 1 fully saturated rings. The van der Waals surface area contributed by atoms with Crippen LogP contribution in [0.3, 0.4) is 0 Å². The van der Waals surface area contributed by atoms with E-state index in [1.165, 1.54) is 18.4 Å². The van der Waals surface area contributed by atoms with Gasteiger partial charge < -0.3 is 5.32 Å². The normalized spacial score (nSPS) is 19.5. The average Bonchev–Trinajstić information content (AvgIpc) is 2.88. The highest BCUT2D eigenvalue weighted by atomic mass is 15.3. The maximum absolute atomic E-state index is 4.43. The Balaban J connectivity index is 1.68. The van der Waals surface area contributed by atoms with Crippen molar-refractivity contribution in [1.29, 1.82) is 0 Å². The lowest BCUT2D eigenvalue weighted by atomic mass is 9.96. The van der Waals surface area contributed by atoms with Crippen LogP contribution < -0.4 is 5.32 Å². The first-order chi connectivity index (χ1) is 9.42. The van der Waals surface area contributed by atoms with Crippen molar-refractivity contribution < 1.29 is 0 Å². The molecule has 0 aliphatic carbocycles. The van der Waals surface area contributed by atoms with Crippen molar-refractivity contribution in [2.75, 3.05) is 13.1 Å². The summed E-state index contributed by atoms with van der Waals surface area (Å²) in [5.74, 6) is 1.81. The van der Waals surface area contributed by atoms with Crippen molar-refractivity contribution >= 4 is 0 Å². The summed E-state index contributed by atoms with van der Waals surface area (Å²) in [7, 11) is 0. The molecule has 1 unspecified atom stereocenters. The molecule has 1 aromatic carbocycles. The fourth-order valence-corrected chi connectivity index (χ4v) is 2.69. The monoisotopic (exact) mass is 256 g/mol. The SMILES string of the molecule is c1ccc(Cn2ncnc2CC2CCCNC2)cc1. The fourth-order valence-electron chi connectivity index (χ4n) is 2.69. The van der Waals surface area contributed by atoms with Gasteiger partial charge >= 0.3 is 0 Å². The van der Waals surface area contributed by atoms with E-state index >= 15 is 0 Å². The van der Waals surface area contributed by atoms with Gasteiger partial charge in [-0.2, -0.15) is 5.10 Å². The van der Waals surface area contributed by atoms with Gasteiger partial charge in [0, 0.05) is 6.42 Å². The quantitative estimate of drug-likeness (QED) is 0.908. The van der Waals surface area contributed by atoms with Crippen molar-refractivity contribution in [3.63, 3.8) is 0 Å². The topological polar surface area (TPSA) is 42.7 Å². The van der Waals surface area contributed by atoms with E-state index in [9.17, 15) is 0 Å². The lowest BCUT2D eigenvalue weighted by Crippen LogP contribution is -2.31. The molecule has 4 heteroatoms. The second-order valence-corrected chi connectivity index (χ2v) is 5.24. The molecule has 3 rings (SSSR count). The molecule has 1 N–H and O–H groups in total. The zero-order chi connectivity index (χ0) is 12.9. The molecule has 0 spiro atoms. The van der Waals surface area contributed by atoms with E-state index in [1.807, 2.05) is 10.7 Å². The summed E-state index contributed by atoms with van der Waals surface area (Å²) in [4.78, 5) is 4.43. The van der Waals surface area contributed by atoms with Crippen LogP contribution in [0.25, 0.3) is 0 Å². The highest BCUT2D eigenvalue weighted by Crippen LogP contribution is 2.15. The first kappa shape index (κ1) is 12.4. The van der Waals surface area contributed by atoms with Crippen LogP contribution in [0.1, 0.15) is 24.2 Å². The highest BCUT2D eigenvalue weighted by Gasteiger charge is 2.16. The van der Waals surface area contributed by atoms with E-state index in [0.717, 1.165) is 31.9 Å². The van der Waals surface area contributed by atoms with Gasteiger partial charge in [-0.15, -0.1) is 0 Å². The van der Waals surface area contributed by atoms with Gasteiger partial charge in [0.15, 0.2) is 0 Å². The zero-order valence-corrected chi connectivity index (χ0v) is 11.1. The van der Waals surface area contributed by atoms with Gasteiger partial charge in [0.25, 0.3) is 0 Å². The van der Waals surface area contributed by atoms with Gasteiger partial charge in [-0.05, 0) is 37.4 Å². The molecule has 4 nitrogen and oxygen atoms in total. The maximum Gasteiger partial charge on any atom is 0.138 e. The minimum absolute atomic E-state index is 0.701. The summed E-state index contributed by atoms with van der Waals surface area (Å²) in [6.07, 6.45) is 5.27. The average molecular weight is 256 g/mol. The number of piperidine rings is 1. The van der Waals surface area contributed by atoms with Gasteiger partial charge in [0.05, 0.1) is 6.54 Å². The first-order valence-electron chi connectivity index (χ1n) is 7.03. The molecule has 1 atom stereocenters. The van der Waals surface area contributed by atoms with E-state index < -0.39 is 0 Å². The largest absolute Gasteiger partial charge is 0.316 e. The van der Waals surface area contributed by atoms with E-state index in [-0.39, 0.29) is 0 Å². The van der Waals surface area contributed by atoms with Crippen LogP contribution in [-0.2, 0) is 13.0 Å². The van der Waals surface area contributed by atoms with Crippen LogP contribution in [0, 0.1) is 5.92 Å². The Bertz CT molecular complexity index is 500. The third-order valence-electron chi connectivity index (χ3n) is 3.74. The predicted molar refractivity (Wildman–Crippen MR) is 74.9 cm³/mol. The lowest BCUT2D eigenvalue weighted by molar-refractivity contribution is 0.365.